The highest BCUT2D eigenvalue weighted by Crippen LogP contribution is 2.10. The number of hydrogen-bond donors (Lipinski definition) is 1. The van der Waals surface area contributed by atoms with Gasteiger partial charge < -0.3 is 10.2 Å². The number of anilines is 1. The van der Waals surface area contributed by atoms with Crippen LogP contribution in [0, 0.1) is 6.92 Å². The van der Waals surface area contributed by atoms with Crippen LogP contribution in [0.25, 0.3) is 6.08 Å². The number of carbonyl (C=O) groups excluding carboxylic acids is 1. The fourth-order valence-corrected chi connectivity index (χ4v) is 1.43. The molecule has 17 heavy (non-hydrogen) atoms. The van der Waals surface area contributed by atoms with E-state index in [9.17, 15) is 4.79 Å². The highest BCUT2D eigenvalue weighted by atomic mass is 16.3. The van der Waals surface area contributed by atoms with Gasteiger partial charge in [-0.05, 0) is 42.8 Å². The first-order valence-corrected chi connectivity index (χ1v) is 5.29. The highest BCUT2D eigenvalue weighted by Gasteiger charge is 2.05. The van der Waals surface area contributed by atoms with E-state index in [1.807, 2.05) is 12.1 Å². The summed E-state index contributed by atoms with van der Waals surface area (Å²) in [6, 6.07) is 10.7. The smallest absolute Gasteiger partial charge is 0.221 e. The molecule has 3 heteroatoms. The third-order valence-corrected chi connectivity index (χ3v) is 2.35. The van der Waals surface area contributed by atoms with Crippen molar-refractivity contribution in [3.8, 4) is 0 Å². The molecule has 1 aromatic heterocycles. The van der Waals surface area contributed by atoms with E-state index >= 15 is 0 Å². The third kappa shape index (κ3) is 2.84. The lowest BCUT2D eigenvalue weighted by Gasteiger charge is -1.94. The lowest BCUT2D eigenvalue weighted by atomic mass is 10.1. The van der Waals surface area contributed by atoms with Gasteiger partial charge in [-0.25, -0.2) is 0 Å². The first-order valence-electron chi connectivity index (χ1n) is 5.29. The molecule has 0 spiro atoms. The van der Waals surface area contributed by atoms with Gasteiger partial charge in [0.2, 0.25) is 5.78 Å². The zero-order valence-electron chi connectivity index (χ0n) is 9.51. The average Bonchev–Trinajstić information content (AvgIpc) is 2.75. The Morgan fingerprint density at radius 3 is 2.47 bits per heavy atom. The summed E-state index contributed by atoms with van der Waals surface area (Å²) in [6.45, 7) is 1.81. The number of nitrogen functional groups attached to an aromatic ring is 1. The number of benzene rings is 1. The molecule has 0 unspecified atom stereocenters. The molecule has 2 aromatic rings. The van der Waals surface area contributed by atoms with E-state index in [0.717, 1.165) is 11.3 Å². The van der Waals surface area contributed by atoms with E-state index in [2.05, 4.69) is 0 Å². The number of rotatable bonds is 3. The Bertz CT molecular complexity index is 550. The second kappa shape index (κ2) is 4.70. The van der Waals surface area contributed by atoms with Crippen molar-refractivity contribution < 1.29 is 9.21 Å². The quantitative estimate of drug-likeness (QED) is 0.498. The summed E-state index contributed by atoms with van der Waals surface area (Å²) in [7, 11) is 0. The Morgan fingerprint density at radius 1 is 1.18 bits per heavy atom. The maximum atomic E-state index is 11.7. The van der Waals surface area contributed by atoms with Gasteiger partial charge in [-0.3, -0.25) is 4.79 Å². The summed E-state index contributed by atoms with van der Waals surface area (Å²) >= 11 is 0. The molecule has 0 aliphatic carbocycles. The van der Waals surface area contributed by atoms with Crippen LogP contribution in [0.5, 0.6) is 0 Å². The first-order chi connectivity index (χ1) is 8.15. The van der Waals surface area contributed by atoms with Crippen molar-refractivity contribution in [3.05, 3.63) is 59.6 Å². The molecule has 0 bridgehead atoms. The summed E-state index contributed by atoms with van der Waals surface area (Å²) in [5, 5.41) is 0. The van der Waals surface area contributed by atoms with E-state index in [4.69, 9.17) is 10.2 Å². The first kappa shape index (κ1) is 11.2. The summed E-state index contributed by atoms with van der Waals surface area (Å²) < 4.78 is 5.23. The lowest BCUT2D eigenvalue weighted by molar-refractivity contribution is 0.102. The van der Waals surface area contributed by atoms with E-state index in [1.54, 1.807) is 37.3 Å². The zero-order chi connectivity index (χ0) is 12.3. The van der Waals surface area contributed by atoms with E-state index in [0.29, 0.717) is 11.4 Å². The Morgan fingerprint density at radius 2 is 1.88 bits per heavy atom. The predicted molar refractivity (Wildman–Crippen MR) is 67.7 cm³/mol. The molecule has 0 radical (unpaired) electrons. The Labute approximate surface area is 99.6 Å². The normalized spacial score (nSPS) is 10.9. The zero-order valence-corrected chi connectivity index (χ0v) is 9.51. The summed E-state index contributed by atoms with van der Waals surface area (Å²) in [6.07, 6.45) is 3.23. The molecule has 0 saturated carbocycles. The van der Waals surface area contributed by atoms with Gasteiger partial charge in [0.25, 0.3) is 0 Å². The molecule has 0 atom stereocenters. The largest absolute Gasteiger partial charge is 0.458 e. The molecule has 2 N–H and O–H groups in total. The van der Waals surface area contributed by atoms with Crippen LogP contribution in [0.1, 0.15) is 21.9 Å². The average molecular weight is 227 g/mol. The molecule has 0 fully saturated rings. The van der Waals surface area contributed by atoms with Crippen molar-refractivity contribution in [2.24, 2.45) is 0 Å². The molecular formula is C14H13NO2. The third-order valence-electron chi connectivity index (χ3n) is 2.35. The molecule has 2 rings (SSSR count). The minimum absolute atomic E-state index is 0.144. The van der Waals surface area contributed by atoms with Crippen molar-refractivity contribution in [2.45, 2.75) is 6.92 Å². The van der Waals surface area contributed by atoms with Gasteiger partial charge in [0.1, 0.15) is 5.76 Å². The lowest BCUT2D eigenvalue weighted by Crippen LogP contribution is -1.90. The van der Waals surface area contributed by atoms with Crippen LogP contribution in [0.2, 0.25) is 0 Å². The van der Waals surface area contributed by atoms with Crippen molar-refractivity contribution >= 4 is 17.5 Å². The SMILES string of the molecule is Cc1ccc(C(=O)C=Cc2ccc(N)cc2)o1. The maximum Gasteiger partial charge on any atom is 0.221 e. The number of carbonyl (C=O) groups is 1. The van der Waals surface area contributed by atoms with Crippen LogP contribution in [-0.2, 0) is 0 Å². The van der Waals surface area contributed by atoms with Crippen LogP contribution in [0.4, 0.5) is 5.69 Å². The molecule has 0 amide bonds. The van der Waals surface area contributed by atoms with Crippen molar-refractivity contribution in [1.82, 2.24) is 0 Å². The summed E-state index contributed by atoms with van der Waals surface area (Å²) in [5.74, 6) is 0.943. The van der Waals surface area contributed by atoms with Crippen LogP contribution < -0.4 is 5.73 Å². The minimum atomic E-state index is -0.144. The van der Waals surface area contributed by atoms with Crippen molar-refractivity contribution in [3.63, 3.8) is 0 Å². The number of aryl methyl sites for hydroxylation is 1. The van der Waals surface area contributed by atoms with E-state index < -0.39 is 0 Å². The molecule has 86 valence electrons. The molecule has 0 aliphatic heterocycles. The number of nitrogens with two attached hydrogens (primary N) is 1. The topological polar surface area (TPSA) is 56.2 Å². The van der Waals surface area contributed by atoms with Crippen LogP contribution in [-0.4, -0.2) is 5.78 Å². The number of furan rings is 1. The van der Waals surface area contributed by atoms with Crippen molar-refractivity contribution in [2.75, 3.05) is 5.73 Å². The van der Waals surface area contributed by atoms with Gasteiger partial charge in [-0.1, -0.05) is 18.2 Å². The van der Waals surface area contributed by atoms with Crippen molar-refractivity contribution in [1.29, 1.82) is 0 Å². The molecular weight excluding hydrogens is 214 g/mol. The molecule has 0 saturated heterocycles. The molecule has 1 aromatic carbocycles. The van der Waals surface area contributed by atoms with Gasteiger partial charge in [0.15, 0.2) is 5.76 Å². The molecule has 3 nitrogen and oxygen atoms in total. The summed E-state index contributed by atoms with van der Waals surface area (Å²) in [4.78, 5) is 11.7. The van der Waals surface area contributed by atoms with Gasteiger partial charge in [-0.2, -0.15) is 0 Å². The van der Waals surface area contributed by atoms with Crippen LogP contribution >= 0.6 is 0 Å². The fraction of sp³-hybridized carbons (Fsp3) is 0.0714. The Kier molecular flexibility index (Phi) is 3.10. The van der Waals surface area contributed by atoms with Crippen LogP contribution in [0.3, 0.4) is 0 Å². The Balaban J connectivity index is 2.10. The highest BCUT2D eigenvalue weighted by molar-refractivity contribution is 6.04. The second-order valence-corrected chi connectivity index (χ2v) is 3.77. The predicted octanol–water partition coefficient (Wildman–Crippen LogP) is 3.07. The molecule has 1 heterocycles. The second-order valence-electron chi connectivity index (χ2n) is 3.77. The molecule has 0 aliphatic rings. The number of ketones is 1. The van der Waals surface area contributed by atoms with Gasteiger partial charge >= 0.3 is 0 Å². The van der Waals surface area contributed by atoms with E-state index in [-0.39, 0.29) is 5.78 Å². The van der Waals surface area contributed by atoms with Gasteiger partial charge in [-0.15, -0.1) is 0 Å². The van der Waals surface area contributed by atoms with Crippen LogP contribution in [0.15, 0.2) is 46.9 Å². The summed E-state index contributed by atoms with van der Waals surface area (Å²) in [5.41, 5.74) is 7.20. The minimum Gasteiger partial charge on any atom is -0.458 e. The van der Waals surface area contributed by atoms with Gasteiger partial charge in [0.05, 0.1) is 0 Å². The Hall–Kier alpha value is -2.29. The maximum absolute atomic E-state index is 11.7. The standard InChI is InChI=1S/C14H13NO2/c1-10-2-9-14(17-10)13(16)8-5-11-3-6-12(15)7-4-11/h2-9H,15H2,1H3. The fourth-order valence-electron chi connectivity index (χ4n) is 1.43. The number of allylic oxidation sites excluding steroid dienone is 1. The van der Waals surface area contributed by atoms with E-state index in [1.165, 1.54) is 6.08 Å². The van der Waals surface area contributed by atoms with Gasteiger partial charge in [0, 0.05) is 5.69 Å². The monoisotopic (exact) mass is 227 g/mol. The number of hydrogen-bond acceptors (Lipinski definition) is 3.